The molecule has 106 valence electrons. The first-order valence-corrected chi connectivity index (χ1v) is 8.17. The summed E-state index contributed by atoms with van der Waals surface area (Å²) in [5, 5.41) is 3.35. The van der Waals surface area contributed by atoms with E-state index in [0.29, 0.717) is 11.4 Å². The second kappa shape index (κ2) is 6.36. The first-order valence-electron chi connectivity index (χ1n) is 6.69. The SMILES string of the molecule is CCNS(=O)(=O)c1ccc(N2CCCNCC2)cc1. The molecule has 0 radical (unpaired) electrons. The molecule has 0 aliphatic carbocycles. The molecule has 6 heteroatoms. The van der Waals surface area contributed by atoms with Crippen molar-refractivity contribution < 1.29 is 8.42 Å². The number of rotatable bonds is 4. The molecule has 0 bridgehead atoms. The Bertz CT molecular complexity index is 491. The lowest BCUT2D eigenvalue weighted by molar-refractivity contribution is 0.584. The van der Waals surface area contributed by atoms with E-state index in [9.17, 15) is 8.42 Å². The molecule has 2 N–H and O–H groups in total. The van der Waals surface area contributed by atoms with Crippen LogP contribution < -0.4 is 14.9 Å². The summed E-state index contributed by atoms with van der Waals surface area (Å²) in [4.78, 5) is 2.61. The Hall–Kier alpha value is -1.11. The Morgan fingerprint density at radius 3 is 2.63 bits per heavy atom. The summed E-state index contributed by atoms with van der Waals surface area (Å²) in [5.41, 5.74) is 1.08. The minimum atomic E-state index is -3.35. The van der Waals surface area contributed by atoms with Crippen LogP contribution in [0.5, 0.6) is 0 Å². The van der Waals surface area contributed by atoms with Gasteiger partial charge >= 0.3 is 0 Å². The molecule has 0 amide bonds. The predicted octanol–water partition coefficient (Wildman–Crippen LogP) is 0.784. The molecule has 0 spiro atoms. The zero-order chi connectivity index (χ0) is 13.7. The van der Waals surface area contributed by atoms with Gasteiger partial charge in [0.05, 0.1) is 4.90 Å². The Morgan fingerprint density at radius 1 is 1.21 bits per heavy atom. The zero-order valence-electron chi connectivity index (χ0n) is 11.2. The van der Waals surface area contributed by atoms with Gasteiger partial charge in [-0.2, -0.15) is 0 Å². The minimum absolute atomic E-state index is 0.325. The van der Waals surface area contributed by atoms with E-state index in [0.717, 1.165) is 38.3 Å². The van der Waals surface area contributed by atoms with Crippen LogP contribution in [0.1, 0.15) is 13.3 Å². The van der Waals surface area contributed by atoms with Crippen LogP contribution in [0.2, 0.25) is 0 Å². The Labute approximate surface area is 115 Å². The van der Waals surface area contributed by atoms with Gasteiger partial charge in [-0.1, -0.05) is 6.92 Å². The molecular weight excluding hydrogens is 262 g/mol. The van der Waals surface area contributed by atoms with Gasteiger partial charge in [0, 0.05) is 31.9 Å². The van der Waals surface area contributed by atoms with Gasteiger partial charge in [-0.25, -0.2) is 13.1 Å². The number of hydrogen-bond donors (Lipinski definition) is 2. The third-order valence-corrected chi connectivity index (χ3v) is 4.75. The lowest BCUT2D eigenvalue weighted by atomic mass is 10.2. The van der Waals surface area contributed by atoms with Gasteiger partial charge in [0.1, 0.15) is 0 Å². The van der Waals surface area contributed by atoms with E-state index < -0.39 is 10.0 Å². The summed E-state index contributed by atoms with van der Waals surface area (Å²) < 4.78 is 26.2. The van der Waals surface area contributed by atoms with E-state index in [4.69, 9.17) is 0 Å². The van der Waals surface area contributed by atoms with Crippen LogP contribution in [0, 0.1) is 0 Å². The van der Waals surface area contributed by atoms with Crippen LogP contribution in [0.3, 0.4) is 0 Å². The number of hydrogen-bond acceptors (Lipinski definition) is 4. The van der Waals surface area contributed by atoms with Crippen LogP contribution in [0.15, 0.2) is 29.2 Å². The minimum Gasteiger partial charge on any atom is -0.370 e. The maximum Gasteiger partial charge on any atom is 0.240 e. The predicted molar refractivity (Wildman–Crippen MR) is 77.0 cm³/mol. The molecule has 1 saturated heterocycles. The van der Waals surface area contributed by atoms with Gasteiger partial charge in [-0.15, -0.1) is 0 Å². The molecule has 1 heterocycles. The molecule has 1 fully saturated rings. The number of anilines is 1. The third-order valence-electron chi connectivity index (χ3n) is 3.19. The third kappa shape index (κ3) is 3.68. The largest absolute Gasteiger partial charge is 0.370 e. The molecule has 0 saturated carbocycles. The van der Waals surface area contributed by atoms with Crippen LogP contribution in [-0.2, 0) is 10.0 Å². The smallest absolute Gasteiger partial charge is 0.240 e. The van der Waals surface area contributed by atoms with Crippen molar-refractivity contribution in [2.45, 2.75) is 18.2 Å². The highest BCUT2D eigenvalue weighted by Gasteiger charge is 2.14. The summed E-state index contributed by atoms with van der Waals surface area (Å²) in [6.07, 6.45) is 1.11. The van der Waals surface area contributed by atoms with Crippen molar-refractivity contribution in [2.75, 3.05) is 37.6 Å². The van der Waals surface area contributed by atoms with Gasteiger partial charge in [0.25, 0.3) is 0 Å². The fraction of sp³-hybridized carbons (Fsp3) is 0.538. The fourth-order valence-electron chi connectivity index (χ4n) is 2.21. The molecule has 2 rings (SSSR count). The molecular formula is C13H21N3O2S. The summed E-state index contributed by atoms with van der Waals surface area (Å²) in [6, 6.07) is 7.11. The van der Waals surface area contributed by atoms with Crippen molar-refractivity contribution in [1.29, 1.82) is 0 Å². The summed E-state index contributed by atoms with van der Waals surface area (Å²) in [7, 11) is -3.35. The molecule has 1 aliphatic rings. The normalized spacial score (nSPS) is 17.2. The maximum atomic E-state index is 11.8. The first kappa shape index (κ1) is 14.3. The van der Waals surface area contributed by atoms with E-state index in [2.05, 4.69) is 14.9 Å². The number of sulfonamides is 1. The number of nitrogens with zero attached hydrogens (tertiary/aromatic N) is 1. The number of benzene rings is 1. The highest BCUT2D eigenvalue weighted by atomic mass is 32.2. The summed E-state index contributed by atoms with van der Waals surface area (Å²) >= 11 is 0. The lowest BCUT2D eigenvalue weighted by Crippen LogP contribution is -2.28. The quantitative estimate of drug-likeness (QED) is 0.857. The van der Waals surface area contributed by atoms with E-state index in [-0.39, 0.29) is 0 Å². The molecule has 5 nitrogen and oxygen atoms in total. The Kier molecular flexibility index (Phi) is 4.79. The summed E-state index contributed by atoms with van der Waals surface area (Å²) in [5.74, 6) is 0. The monoisotopic (exact) mass is 283 g/mol. The zero-order valence-corrected chi connectivity index (χ0v) is 12.0. The highest BCUT2D eigenvalue weighted by Crippen LogP contribution is 2.18. The standard InChI is InChI=1S/C13H21N3O2S/c1-2-15-19(17,18)13-6-4-12(5-7-13)16-10-3-8-14-9-11-16/h4-7,14-15H,2-3,8-11H2,1H3. The topological polar surface area (TPSA) is 61.4 Å². The van der Waals surface area contributed by atoms with Crippen LogP contribution in [0.25, 0.3) is 0 Å². The van der Waals surface area contributed by atoms with Gasteiger partial charge in [0.2, 0.25) is 10.0 Å². The van der Waals surface area contributed by atoms with Crippen molar-refractivity contribution in [2.24, 2.45) is 0 Å². The van der Waals surface area contributed by atoms with Gasteiger partial charge in [-0.05, 0) is 37.2 Å². The van der Waals surface area contributed by atoms with E-state index in [1.54, 1.807) is 19.1 Å². The van der Waals surface area contributed by atoms with E-state index in [1.807, 2.05) is 12.1 Å². The molecule has 0 aromatic heterocycles. The second-order valence-corrected chi connectivity index (χ2v) is 6.35. The van der Waals surface area contributed by atoms with Crippen LogP contribution in [-0.4, -0.2) is 41.1 Å². The van der Waals surface area contributed by atoms with Crippen molar-refractivity contribution in [3.05, 3.63) is 24.3 Å². The average molecular weight is 283 g/mol. The van der Waals surface area contributed by atoms with Crippen molar-refractivity contribution >= 4 is 15.7 Å². The molecule has 1 aliphatic heterocycles. The van der Waals surface area contributed by atoms with Crippen LogP contribution >= 0.6 is 0 Å². The van der Waals surface area contributed by atoms with Crippen molar-refractivity contribution in [3.8, 4) is 0 Å². The molecule has 0 atom stereocenters. The molecule has 1 aromatic rings. The lowest BCUT2D eigenvalue weighted by Gasteiger charge is -2.22. The first-order chi connectivity index (χ1) is 9.13. The molecule has 19 heavy (non-hydrogen) atoms. The second-order valence-electron chi connectivity index (χ2n) is 4.59. The average Bonchev–Trinajstić information content (AvgIpc) is 2.68. The highest BCUT2D eigenvalue weighted by molar-refractivity contribution is 7.89. The van der Waals surface area contributed by atoms with Crippen molar-refractivity contribution in [1.82, 2.24) is 10.0 Å². The van der Waals surface area contributed by atoms with Gasteiger partial charge in [-0.3, -0.25) is 0 Å². The van der Waals surface area contributed by atoms with Gasteiger partial charge < -0.3 is 10.2 Å². The maximum absolute atomic E-state index is 11.8. The Balaban J connectivity index is 2.13. The fourth-order valence-corrected chi connectivity index (χ4v) is 3.25. The molecule has 0 unspecified atom stereocenters. The van der Waals surface area contributed by atoms with Crippen molar-refractivity contribution in [3.63, 3.8) is 0 Å². The van der Waals surface area contributed by atoms with Gasteiger partial charge in [0.15, 0.2) is 0 Å². The Morgan fingerprint density at radius 2 is 1.95 bits per heavy atom. The van der Waals surface area contributed by atoms with Crippen LogP contribution in [0.4, 0.5) is 5.69 Å². The van der Waals surface area contributed by atoms with E-state index in [1.165, 1.54) is 0 Å². The van der Waals surface area contributed by atoms with E-state index >= 15 is 0 Å². The molecule has 1 aromatic carbocycles. The number of nitrogens with one attached hydrogen (secondary N) is 2. The summed E-state index contributed by atoms with van der Waals surface area (Å²) in [6.45, 7) is 6.16.